The van der Waals surface area contributed by atoms with Gasteiger partial charge in [-0.3, -0.25) is 19.4 Å². The second-order valence-corrected chi connectivity index (χ2v) is 18.4. The number of nitrogens with one attached hydrogen (secondary N) is 1. The monoisotopic (exact) mass is 733 g/mol. The number of barbiturate groups is 1. The van der Waals surface area contributed by atoms with Gasteiger partial charge in [-0.05, 0) is 33.1 Å². The van der Waals surface area contributed by atoms with Crippen molar-refractivity contribution in [3.63, 3.8) is 0 Å². The van der Waals surface area contributed by atoms with Crippen LogP contribution in [0, 0.1) is 0 Å². The Hall–Kier alpha value is -3.98. The van der Waals surface area contributed by atoms with Gasteiger partial charge in [-0.25, -0.2) is 4.79 Å². The third-order valence-corrected chi connectivity index (χ3v) is 14.9. The van der Waals surface area contributed by atoms with Crippen LogP contribution in [0.1, 0.15) is 26.3 Å². The first-order chi connectivity index (χ1) is 24.3. The molecule has 3 aromatic carbocycles. The summed E-state index contributed by atoms with van der Waals surface area (Å²) in [5.74, 6) is -0.728. The Bertz CT molecular complexity index is 1640. The minimum atomic E-state index is -2.94. The van der Waals surface area contributed by atoms with E-state index in [1.54, 1.807) is 14.2 Å². The van der Waals surface area contributed by atoms with Gasteiger partial charge in [-0.1, -0.05) is 93.6 Å². The Morgan fingerprint density at radius 1 is 0.843 bits per heavy atom. The summed E-state index contributed by atoms with van der Waals surface area (Å²) in [4.78, 5) is 40.1. The van der Waals surface area contributed by atoms with E-state index in [0.717, 1.165) is 31.5 Å². The van der Waals surface area contributed by atoms with Crippen LogP contribution in [-0.4, -0.2) is 101 Å². The molecule has 2 fully saturated rings. The quantitative estimate of drug-likeness (QED) is 0.125. The maximum absolute atomic E-state index is 13.0. The summed E-state index contributed by atoms with van der Waals surface area (Å²) in [7, 11) is 2.91. The van der Waals surface area contributed by atoms with Gasteiger partial charge in [-0.15, -0.1) is 12.6 Å². The zero-order valence-corrected chi connectivity index (χ0v) is 32.0. The number of likely N-dealkylation sites (N-methyl/N-ethyl adjacent to an activating group) is 2. The standard InChI is InChI=1S/C38H47N3O8SSi/c1-38(2,3)51(27-14-10-8-11-15-27,28-16-12-9-13-17-28)48-24-30-32(46-7)33(47-23-25-18-20-26(45-6)21-19-25)31(36(50)49-30)39-22-29-34(42)40(4)37(44)41(5)35(29)43/h8-22,30-33,36,39,50H,23-24H2,1-7H3/t30-,31+,32-,33-,36+/m1/s1. The van der Waals surface area contributed by atoms with Crippen LogP contribution >= 0.6 is 12.6 Å². The van der Waals surface area contributed by atoms with Gasteiger partial charge in [0.05, 0.1) is 26.4 Å². The minimum Gasteiger partial charge on any atom is -0.497 e. The van der Waals surface area contributed by atoms with E-state index < -0.39 is 56.0 Å². The van der Waals surface area contributed by atoms with Crippen LogP contribution in [0.4, 0.5) is 4.79 Å². The number of benzene rings is 3. The lowest BCUT2D eigenvalue weighted by molar-refractivity contribution is -0.196. The second kappa shape index (κ2) is 16.1. The smallest absolute Gasteiger partial charge is 0.333 e. The molecule has 51 heavy (non-hydrogen) atoms. The van der Waals surface area contributed by atoms with Gasteiger partial charge in [-0.2, -0.15) is 0 Å². The van der Waals surface area contributed by atoms with Crippen molar-refractivity contribution in [2.45, 2.75) is 62.2 Å². The van der Waals surface area contributed by atoms with Crippen LogP contribution < -0.4 is 20.4 Å². The van der Waals surface area contributed by atoms with Crippen LogP contribution in [0.15, 0.2) is 96.7 Å². The number of ether oxygens (including phenoxy) is 4. The topological polar surface area (TPSA) is 116 Å². The molecule has 2 aliphatic heterocycles. The number of hydrogen-bond donors (Lipinski definition) is 2. The number of methoxy groups -OCH3 is 2. The molecule has 272 valence electrons. The van der Waals surface area contributed by atoms with Crippen molar-refractivity contribution in [1.82, 2.24) is 15.1 Å². The van der Waals surface area contributed by atoms with Gasteiger partial charge in [0, 0.05) is 27.4 Å². The molecule has 0 saturated carbocycles. The van der Waals surface area contributed by atoms with E-state index in [1.807, 2.05) is 60.7 Å². The van der Waals surface area contributed by atoms with Gasteiger partial charge in [0.1, 0.15) is 35.1 Å². The van der Waals surface area contributed by atoms with Crippen LogP contribution in [0.25, 0.3) is 0 Å². The third-order valence-electron chi connectivity index (χ3n) is 9.48. The lowest BCUT2D eigenvalue weighted by Gasteiger charge is -2.47. The Balaban J connectivity index is 1.48. The molecule has 0 aromatic heterocycles. The SMILES string of the molecule is COc1ccc(CO[C@@H]2[C@H](NC=C3C(=O)N(C)C(=O)N(C)C3=O)[C@H](S)O[C@H](CO[Si](c3ccccc3)(c3ccccc3)C(C)(C)C)[C@H]2OC)cc1. The summed E-state index contributed by atoms with van der Waals surface area (Å²) in [5, 5.41) is 5.16. The Morgan fingerprint density at radius 3 is 1.88 bits per heavy atom. The largest absolute Gasteiger partial charge is 0.497 e. The minimum absolute atomic E-state index is 0.174. The van der Waals surface area contributed by atoms with E-state index in [2.05, 4.69) is 50.4 Å². The molecule has 11 nitrogen and oxygen atoms in total. The molecule has 0 spiro atoms. The number of carbonyl (C=O) groups excluding carboxylic acids is 3. The molecule has 0 aliphatic carbocycles. The van der Waals surface area contributed by atoms with E-state index >= 15 is 0 Å². The zero-order valence-electron chi connectivity index (χ0n) is 30.1. The normalized spacial score (nSPS) is 23.0. The van der Waals surface area contributed by atoms with Crippen LogP contribution in [0.5, 0.6) is 5.75 Å². The van der Waals surface area contributed by atoms with Gasteiger partial charge >= 0.3 is 6.03 Å². The molecule has 4 amide bonds. The number of urea groups is 1. The molecule has 13 heteroatoms. The molecule has 5 rings (SSSR count). The third kappa shape index (κ3) is 7.78. The fourth-order valence-corrected chi connectivity index (χ4v) is 11.7. The van der Waals surface area contributed by atoms with Crippen molar-refractivity contribution in [1.29, 1.82) is 0 Å². The molecule has 2 heterocycles. The number of carbonyl (C=O) groups is 3. The highest BCUT2D eigenvalue weighted by molar-refractivity contribution is 7.80. The summed E-state index contributed by atoms with van der Waals surface area (Å²) in [6.45, 7) is 7.01. The Morgan fingerprint density at radius 2 is 1.39 bits per heavy atom. The van der Waals surface area contributed by atoms with E-state index in [9.17, 15) is 14.4 Å². The number of rotatable bonds is 12. The molecular formula is C38H47N3O8SSi. The first kappa shape index (κ1) is 38.3. The first-order valence-electron chi connectivity index (χ1n) is 16.8. The fraction of sp³-hybridized carbons (Fsp3) is 0.395. The maximum Gasteiger partial charge on any atom is 0.333 e. The summed E-state index contributed by atoms with van der Waals surface area (Å²) < 4.78 is 31.9. The maximum atomic E-state index is 13.0. The van der Waals surface area contributed by atoms with E-state index in [4.69, 9.17) is 36.0 Å². The second-order valence-electron chi connectivity index (χ2n) is 13.6. The Labute approximate surface area is 306 Å². The molecule has 3 aromatic rings. The molecule has 2 aliphatic rings. The molecular weight excluding hydrogens is 687 g/mol. The lowest BCUT2D eigenvalue weighted by Crippen LogP contribution is -2.68. The molecule has 0 bridgehead atoms. The van der Waals surface area contributed by atoms with Crippen molar-refractivity contribution in [3.05, 3.63) is 102 Å². The van der Waals surface area contributed by atoms with Gasteiger partial charge in [0.15, 0.2) is 0 Å². The predicted molar refractivity (Wildman–Crippen MR) is 200 cm³/mol. The number of thiol groups is 1. The van der Waals surface area contributed by atoms with Gasteiger partial charge in [0.2, 0.25) is 0 Å². The highest BCUT2D eigenvalue weighted by atomic mass is 32.1. The van der Waals surface area contributed by atoms with Crippen LogP contribution in [0.2, 0.25) is 5.04 Å². The summed E-state index contributed by atoms with van der Waals surface area (Å²) in [6, 6.07) is 26.8. The highest BCUT2D eigenvalue weighted by Crippen LogP contribution is 2.38. The first-order valence-corrected chi connectivity index (χ1v) is 19.2. The lowest BCUT2D eigenvalue weighted by atomic mass is 9.97. The van der Waals surface area contributed by atoms with E-state index in [-0.39, 0.29) is 23.8 Å². The predicted octanol–water partition coefficient (Wildman–Crippen LogP) is 3.72. The van der Waals surface area contributed by atoms with E-state index in [0.29, 0.717) is 0 Å². The number of amides is 4. The van der Waals surface area contributed by atoms with E-state index in [1.165, 1.54) is 20.3 Å². The molecule has 0 unspecified atom stereocenters. The van der Waals surface area contributed by atoms with Crippen molar-refractivity contribution >= 4 is 49.2 Å². The van der Waals surface area contributed by atoms with Crippen LogP contribution in [-0.2, 0) is 34.8 Å². The average molecular weight is 734 g/mol. The van der Waals surface area contributed by atoms with Crippen molar-refractivity contribution in [2.75, 3.05) is 34.9 Å². The summed E-state index contributed by atoms with van der Waals surface area (Å²) in [5.41, 5.74) is -0.0997. The fourth-order valence-electron chi connectivity index (χ4n) is 6.75. The van der Waals surface area contributed by atoms with Crippen molar-refractivity contribution in [3.8, 4) is 5.75 Å². The van der Waals surface area contributed by atoms with Crippen molar-refractivity contribution in [2.24, 2.45) is 0 Å². The average Bonchev–Trinajstić information content (AvgIpc) is 3.13. The van der Waals surface area contributed by atoms with Crippen molar-refractivity contribution < 1.29 is 37.8 Å². The number of hydrogen-bond acceptors (Lipinski definition) is 10. The summed E-state index contributed by atoms with van der Waals surface area (Å²) >= 11 is 4.86. The highest BCUT2D eigenvalue weighted by Gasteiger charge is 2.53. The molecule has 0 radical (unpaired) electrons. The summed E-state index contributed by atoms with van der Waals surface area (Å²) in [6.07, 6.45) is -0.662. The van der Waals surface area contributed by atoms with Crippen LogP contribution in [0.3, 0.4) is 0 Å². The molecule has 2 saturated heterocycles. The number of nitrogens with zero attached hydrogens (tertiary/aromatic N) is 2. The Kier molecular flexibility index (Phi) is 12.1. The molecule has 5 atom stereocenters. The zero-order chi connectivity index (χ0) is 36.9. The number of imide groups is 2. The van der Waals surface area contributed by atoms with Gasteiger partial charge in [0.25, 0.3) is 20.1 Å². The van der Waals surface area contributed by atoms with Gasteiger partial charge < -0.3 is 28.7 Å². The molecule has 1 N–H and O–H groups in total.